The Labute approximate surface area is 145 Å². The Kier molecular flexibility index (Phi) is 4.93. The van der Waals surface area contributed by atoms with Crippen molar-refractivity contribution in [1.82, 2.24) is 14.5 Å². The van der Waals surface area contributed by atoms with Crippen LogP contribution < -0.4 is 4.74 Å². The molecule has 0 bridgehead atoms. The smallest absolute Gasteiger partial charge is 0.383 e. The molecule has 1 N–H and O–H groups in total. The van der Waals surface area contributed by atoms with E-state index in [4.69, 9.17) is 16.3 Å². The summed E-state index contributed by atoms with van der Waals surface area (Å²) in [4.78, 5) is 17.8. The number of aryl methyl sites for hydroxylation is 1. The molecule has 3 aromatic rings. The molecule has 10 heteroatoms. The lowest BCUT2D eigenvalue weighted by molar-refractivity contribution is -0.389. The lowest BCUT2D eigenvalue weighted by Gasteiger charge is -2.12. The molecule has 24 heavy (non-hydrogen) atoms. The summed E-state index contributed by atoms with van der Waals surface area (Å²) in [5, 5.41) is 20.7. The zero-order valence-corrected chi connectivity index (χ0v) is 13.9. The first kappa shape index (κ1) is 16.6. The second-order valence-corrected chi connectivity index (χ2v) is 6.28. The van der Waals surface area contributed by atoms with Gasteiger partial charge in [0, 0.05) is 6.54 Å². The van der Waals surface area contributed by atoms with Crippen molar-refractivity contribution in [1.29, 1.82) is 0 Å². The van der Waals surface area contributed by atoms with Gasteiger partial charge < -0.3 is 20.0 Å². The monoisotopic (exact) mass is 368 g/mol. The minimum atomic E-state index is -0.736. The van der Waals surface area contributed by atoms with Crippen LogP contribution in [0.1, 0.15) is 6.42 Å². The molecule has 0 unspecified atom stereocenters. The lowest BCUT2D eigenvalue weighted by atomic mass is 10.2. The van der Waals surface area contributed by atoms with E-state index in [-0.39, 0.29) is 17.7 Å². The van der Waals surface area contributed by atoms with E-state index in [0.717, 1.165) is 10.2 Å². The van der Waals surface area contributed by atoms with Crippen LogP contribution in [-0.4, -0.2) is 37.3 Å². The highest BCUT2D eigenvalue weighted by Crippen LogP contribution is 2.23. The van der Waals surface area contributed by atoms with E-state index in [1.165, 1.54) is 22.1 Å². The van der Waals surface area contributed by atoms with Crippen LogP contribution >= 0.6 is 22.9 Å². The number of aliphatic hydroxyl groups excluding tert-OH is 1. The van der Waals surface area contributed by atoms with E-state index >= 15 is 0 Å². The predicted octanol–water partition coefficient (Wildman–Crippen LogP) is 2.88. The second-order valence-electron chi connectivity index (χ2n) is 5.05. The first-order valence-corrected chi connectivity index (χ1v) is 8.30. The van der Waals surface area contributed by atoms with Crippen molar-refractivity contribution >= 4 is 39.0 Å². The lowest BCUT2D eigenvalue weighted by Crippen LogP contribution is -2.19. The van der Waals surface area contributed by atoms with E-state index in [9.17, 15) is 15.2 Å². The highest BCUT2D eigenvalue weighted by molar-refractivity contribution is 7.16. The van der Waals surface area contributed by atoms with Crippen molar-refractivity contribution in [2.75, 3.05) is 6.61 Å². The minimum absolute atomic E-state index is 0.0189. The fourth-order valence-corrected chi connectivity index (χ4v) is 3.04. The summed E-state index contributed by atoms with van der Waals surface area (Å²) >= 11 is 7.34. The van der Waals surface area contributed by atoms with Gasteiger partial charge in [0.25, 0.3) is 0 Å². The van der Waals surface area contributed by atoms with Gasteiger partial charge in [0.15, 0.2) is 0 Å². The summed E-state index contributed by atoms with van der Waals surface area (Å²) in [7, 11) is 0. The highest BCUT2D eigenvalue weighted by atomic mass is 35.5. The maximum Gasteiger partial charge on any atom is 0.383 e. The van der Waals surface area contributed by atoms with Gasteiger partial charge in [-0.05, 0) is 46.1 Å². The van der Waals surface area contributed by atoms with Crippen molar-refractivity contribution < 1.29 is 14.8 Å². The van der Waals surface area contributed by atoms with Crippen LogP contribution in [0.4, 0.5) is 5.82 Å². The van der Waals surface area contributed by atoms with Crippen molar-refractivity contribution in [2.24, 2.45) is 0 Å². The molecule has 3 rings (SSSR count). The molecule has 0 aliphatic heterocycles. The van der Waals surface area contributed by atoms with Gasteiger partial charge in [0.2, 0.25) is 0 Å². The van der Waals surface area contributed by atoms with Gasteiger partial charge in [0.05, 0.1) is 21.8 Å². The highest BCUT2D eigenvalue weighted by Gasteiger charge is 2.17. The Hall–Kier alpha value is -2.23. The average molecular weight is 369 g/mol. The second kappa shape index (κ2) is 7.12. The van der Waals surface area contributed by atoms with E-state index in [0.29, 0.717) is 18.7 Å². The van der Waals surface area contributed by atoms with Crippen molar-refractivity contribution in [3.63, 3.8) is 0 Å². The van der Waals surface area contributed by atoms with Crippen LogP contribution in [0.25, 0.3) is 10.2 Å². The number of halogens is 1. The first-order valence-electron chi connectivity index (χ1n) is 7.04. The van der Waals surface area contributed by atoms with Crippen molar-refractivity contribution in [3.8, 4) is 5.75 Å². The molecule has 1 atom stereocenters. The predicted molar refractivity (Wildman–Crippen MR) is 89.6 cm³/mol. The molecule has 1 aromatic carbocycles. The van der Waals surface area contributed by atoms with Crippen LogP contribution in [0.5, 0.6) is 5.75 Å². The molecule has 126 valence electrons. The number of rotatable bonds is 7. The fourth-order valence-electron chi connectivity index (χ4n) is 2.11. The number of imidazole rings is 1. The molecule has 0 aliphatic rings. The summed E-state index contributed by atoms with van der Waals surface area (Å²) in [6, 6.07) is 5.53. The molecule has 0 spiro atoms. The van der Waals surface area contributed by atoms with E-state index in [1.807, 2.05) is 12.1 Å². The number of nitro groups is 1. The number of benzene rings is 1. The Morgan fingerprint density at radius 1 is 1.50 bits per heavy atom. The number of aliphatic hydroxyl groups is 1. The number of fused-ring (bicyclic) bond motifs is 1. The largest absolute Gasteiger partial charge is 0.491 e. The third-order valence-electron chi connectivity index (χ3n) is 3.35. The molecule has 0 fully saturated rings. The molecule has 2 heterocycles. The van der Waals surface area contributed by atoms with Crippen LogP contribution in [0.3, 0.4) is 0 Å². The van der Waals surface area contributed by atoms with E-state index < -0.39 is 11.0 Å². The average Bonchev–Trinajstić information content (AvgIpc) is 3.16. The summed E-state index contributed by atoms with van der Waals surface area (Å²) in [6.45, 7) is 0.413. The third-order valence-corrected chi connectivity index (χ3v) is 4.44. The number of nitrogens with zero attached hydrogens (tertiary/aromatic N) is 4. The molecule has 2 aromatic heterocycles. The molecular formula is C14H13ClN4O4S. The molecule has 0 aliphatic carbocycles. The van der Waals surface area contributed by atoms with E-state index in [1.54, 1.807) is 11.6 Å². The molecule has 0 saturated heterocycles. The topological polar surface area (TPSA) is 103 Å². The number of thiazole rings is 1. The third kappa shape index (κ3) is 3.81. The molecule has 0 saturated carbocycles. The first-order chi connectivity index (χ1) is 11.5. The Bertz CT molecular complexity index is 865. The van der Waals surface area contributed by atoms with Gasteiger partial charge >= 0.3 is 11.1 Å². The van der Waals surface area contributed by atoms with Gasteiger partial charge in [-0.1, -0.05) is 0 Å². The van der Waals surface area contributed by atoms with Gasteiger partial charge in [-0.3, -0.25) is 4.57 Å². The quantitative estimate of drug-likeness (QED) is 0.508. The normalized spacial score (nSPS) is 12.4. The SMILES string of the molecule is O=[N+]([O-])c1cn(CC[C@@H](O)COc2ccc3ncsc3c2)c(Cl)n1. The maximum absolute atomic E-state index is 10.6. The summed E-state index contributed by atoms with van der Waals surface area (Å²) in [5.41, 5.74) is 2.67. The number of hydrogen-bond acceptors (Lipinski definition) is 7. The van der Waals surface area contributed by atoms with E-state index in [2.05, 4.69) is 9.97 Å². The number of aromatic nitrogens is 3. The molecular weight excluding hydrogens is 356 g/mol. The van der Waals surface area contributed by atoms with Gasteiger partial charge in [0.1, 0.15) is 18.6 Å². The zero-order chi connectivity index (χ0) is 17.1. The van der Waals surface area contributed by atoms with Crippen molar-refractivity contribution in [2.45, 2.75) is 19.1 Å². The van der Waals surface area contributed by atoms with Gasteiger partial charge in [-0.15, -0.1) is 11.3 Å². The van der Waals surface area contributed by atoms with Crippen LogP contribution in [-0.2, 0) is 6.54 Å². The van der Waals surface area contributed by atoms with Crippen molar-refractivity contribution in [3.05, 3.63) is 45.3 Å². The van der Waals surface area contributed by atoms with Gasteiger partial charge in [-0.2, -0.15) is 0 Å². The summed E-state index contributed by atoms with van der Waals surface area (Å²) < 4.78 is 8.01. The number of ether oxygens (including phenoxy) is 1. The Balaban J connectivity index is 1.52. The molecule has 0 amide bonds. The van der Waals surface area contributed by atoms with Crippen LogP contribution in [0.15, 0.2) is 29.9 Å². The zero-order valence-electron chi connectivity index (χ0n) is 12.3. The fraction of sp³-hybridized carbons (Fsp3) is 0.286. The summed E-state index contributed by atoms with van der Waals surface area (Å²) in [5.74, 6) is 0.339. The Morgan fingerprint density at radius 2 is 2.33 bits per heavy atom. The maximum atomic E-state index is 10.6. The minimum Gasteiger partial charge on any atom is -0.491 e. The Morgan fingerprint density at radius 3 is 3.08 bits per heavy atom. The number of hydrogen-bond donors (Lipinski definition) is 1. The van der Waals surface area contributed by atoms with Gasteiger partial charge in [-0.25, -0.2) is 4.98 Å². The molecule has 8 nitrogen and oxygen atoms in total. The van der Waals surface area contributed by atoms with Crippen LogP contribution in [0.2, 0.25) is 5.28 Å². The molecule has 0 radical (unpaired) electrons. The van der Waals surface area contributed by atoms with Crippen LogP contribution in [0, 0.1) is 10.1 Å². The standard InChI is InChI=1S/C14H13ClN4O4S/c15-14-17-13(19(21)22)6-18(14)4-3-9(20)7-23-10-1-2-11-12(5-10)24-8-16-11/h1-2,5-6,8-9,20H,3-4,7H2/t9-/m1/s1. The summed E-state index contributed by atoms with van der Waals surface area (Å²) in [6.07, 6.45) is 0.837.